The molecular weight excluding hydrogens is 637 g/mol. The smallest absolute Gasteiger partial charge is 0.0661 e. The largest absolute Gasteiger partial charge is 0.309 e. The Bertz CT molecular complexity index is 2710. The number of nitrogens with zero attached hydrogens (tertiary/aromatic N) is 2. The van der Waals surface area contributed by atoms with E-state index < -0.39 is 0 Å². The zero-order valence-corrected chi connectivity index (χ0v) is 28.8. The lowest BCUT2D eigenvalue weighted by molar-refractivity contribution is 0.854. The van der Waals surface area contributed by atoms with Crippen LogP contribution in [-0.2, 0) is 0 Å². The molecule has 0 fully saturated rings. The fraction of sp³-hybridized carbons (Fsp3) is 0.0417. The quantitative estimate of drug-likeness (QED) is 0.171. The van der Waals surface area contributed by atoms with Gasteiger partial charge in [0.05, 0.1) is 21.4 Å². The Morgan fingerprint density at radius 2 is 1.14 bits per heavy atom. The van der Waals surface area contributed by atoms with Gasteiger partial charge in [0.2, 0.25) is 0 Å². The highest BCUT2D eigenvalue weighted by Crippen LogP contribution is 2.47. The van der Waals surface area contributed by atoms with Gasteiger partial charge in [-0.15, -0.1) is 11.3 Å². The molecule has 1 aliphatic carbocycles. The van der Waals surface area contributed by atoms with Crippen molar-refractivity contribution in [2.24, 2.45) is 0 Å². The van der Waals surface area contributed by atoms with Gasteiger partial charge >= 0.3 is 0 Å². The first kappa shape index (κ1) is 29.7. The molecule has 1 aliphatic rings. The summed E-state index contributed by atoms with van der Waals surface area (Å²) < 4.78 is 5.01. The summed E-state index contributed by atoms with van der Waals surface area (Å²) in [5, 5.41) is 5.08. The monoisotopic (exact) mass is 670 g/mol. The van der Waals surface area contributed by atoms with Gasteiger partial charge in [-0.3, -0.25) is 0 Å². The van der Waals surface area contributed by atoms with Crippen molar-refractivity contribution in [1.29, 1.82) is 0 Å². The number of aromatic nitrogens is 1. The zero-order chi connectivity index (χ0) is 33.7. The van der Waals surface area contributed by atoms with E-state index in [0.717, 1.165) is 23.5 Å². The zero-order valence-electron chi connectivity index (χ0n) is 28.0. The van der Waals surface area contributed by atoms with Crippen LogP contribution in [0.1, 0.15) is 17.9 Å². The van der Waals surface area contributed by atoms with Crippen LogP contribution in [-0.4, -0.2) is 4.57 Å². The van der Waals surface area contributed by atoms with E-state index in [0.29, 0.717) is 5.92 Å². The Kier molecular flexibility index (Phi) is 7.18. The predicted octanol–water partition coefficient (Wildman–Crippen LogP) is 13.9. The van der Waals surface area contributed by atoms with Crippen molar-refractivity contribution in [3.63, 3.8) is 0 Å². The molecule has 0 N–H and O–H groups in total. The first-order valence-electron chi connectivity index (χ1n) is 17.6. The molecule has 9 aromatic rings. The molecule has 51 heavy (non-hydrogen) atoms. The van der Waals surface area contributed by atoms with Gasteiger partial charge < -0.3 is 9.47 Å². The van der Waals surface area contributed by atoms with Gasteiger partial charge in [-0.05, 0) is 77.7 Å². The molecule has 0 spiro atoms. The molecule has 7 aromatic carbocycles. The van der Waals surface area contributed by atoms with Gasteiger partial charge in [0.15, 0.2) is 0 Å². The predicted molar refractivity (Wildman–Crippen MR) is 219 cm³/mol. The number of thiophene rings is 1. The number of fused-ring (bicyclic) bond motifs is 6. The van der Waals surface area contributed by atoms with E-state index in [2.05, 4.69) is 198 Å². The third-order valence-electron chi connectivity index (χ3n) is 10.3. The van der Waals surface area contributed by atoms with Crippen molar-refractivity contribution >= 4 is 70.4 Å². The summed E-state index contributed by atoms with van der Waals surface area (Å²) in [5.74, 6) is 0.399. The molecule has 0 radical (unpaired) electrons. The van der Waals surface area contributed by atoms with E-state index in [4.69, 9.17) is 0 Å². The van der Waals surface area contributed by atoms with E-state index in [9.17, 15) is 0 Å². The average molecular weight is 671 g/mol. The highest BCUT2D eigenvalue weighted by atomic mass is 32.1. The Hall–Kier alpha value is -6.16. The van der Waals surface area contributed by atoms with E-state index in [1.54, 1.807) is 0 Å². The summed E-state index contributed by atoms with van der Waals surface area (Å²) in [5.41, 5.74) is 10.8. The first-order valence-corrected chi connectivity index (χ1v) is 18.4. The molecule has 2 aromatic heterocycles. The molecule has 0 amide bonds. The van der Waals surface area contributed by atoms with Crippen molar-refractivity contribution in [3.05, 3.63) is 194 Å². The van der Waals surface area contributed by atoms with E-state index in [-0.39, 0.29) is 0 Å². The molecule has 10 rings (SSSR count). The maximum absolute atomic E-state index is 2.46. The van der Waals surface area contributed by atoms with Crippen LogP contribution < -0.4 is 4.90 Å². The lowest BCUT2D eigenvalue weighted by Crippen LogP contribution is -2.11. The van der Waals surface area contributed by atoms with Crippen LogP contribution in [0, 0.1) is 0 Å². The number of anilines is 3. The van der Waals surface area contributed by atoms with Crippen molar-refractivity contribution in [2.45, 2.75) is 12.3 Å². The van der Waals surface area contributed by atoms with Gasteiger partial charge in [-0.1, -0.05) is 133 Å². The molecule has 0 aliphatic heterocycles. The van der Waals surface area contributed by atoms with Gasteiger partial charge in [-0.2, -0.15) is 0 Å². The summed E-state index contributed by atoms with van der Waals surface area (Å²) in [6.45, 7) is 0. The van der Waals surface area contributed by atoms with E-state index in [1.165, 1.54) is 64.4 Å². The topological polar surface area (TPSA) is 8.17 Å². The molecule has 242 valence electrons. The minimum absolute atomic E-state index is 0.399. The van der Waals surface area contributed by atoms with Crippen molar-refractivity contribution in [3.8, 4) is 16.8 Å². The molecule has 3 heteroatoms. The Balaban J connectivity index is 1.23. The summed E-state index contributed by atoms with van der Waals surface area (Å²) >= 11 is 1.88. The third kappa shape index (κ3) is 5.09. The maximum Gasteiger partial charge on any atom is 0.0661 e. The van der Waals surface area contributed by atoms with Crippen molar-refractivity contribution in [1.82, 2.24) is 4.57 Å². The summed E-state index contributed by atoms with van der Waals surface area (Å²) in [7, 11) is 0. The standard InChI is InChI=1S/C48H34N2S/c1-3-13-33(14-4-1)35-23-27-37(28-24-35)49(38-29-25-36(26-30-38)34-15-5-2-6-16-34)46-32-39(31-43-42-19-9-12-22-47(42)51-48(43)46)50-44-20-10-7-17-40(44)41-18-8-11-21-45(41)50/h1-15,17-32,34H,16H2. The normalized spacial score (nSPS) is 14.2. The fourth-order valence-corrected chi connectivity index (χ4v) is 9.04. The Labute approximate surface area is 301 Å². The number of benzene rings is 7. The average Bonchev–Trinajstić information content (AvgIpc) is 3.75. The van der Waals surface area contributed by atoms with Crippen LogP contribution >= 0.6 is 11.3 Å². The second-order valence-corrected chi connectivity index (χ2v) is 14.4. The summed E-state index contributed by atoms with van der Waals surface area (Å²) in [6.07, 6.45) is 9.92. The molecule has 0 bridgehead atoms. The third-order valence-corrected chi connectivity index (χ3v) is 11.5. The molecular formula is C48H34N2S. The summed E-state index contributed by atoms with van der Waals surface area (Å²) in [4.78, 5) is 2.46. The minimum Gasteiger partial charge on any atom is -0.309 e. The lowest BCUT2D eigenvalue weighted by atomic mass is 9.92. The Morgan fingerprint density at radius 1 is 0.529 bits per heavy atom. The van der Waals surface area contributed by atoms with Crippen LogP contribution in [0.5, 0.6) is 0 Å². The highest BCUT2D eigenvalue weighted by molar-refractivity contribution is 7.26. The van der Waals surface area contributed by atoms with E-state index >= 15 is 0 Å². The van der Waals surface area contributed by atoms with Gasteiger partial charge in [0.1, 0.15) is 0 Å². The molecule has 2 heterocycles. The van der Waals surface area contributed by atoms with E-state index in [1.807, 2.05) is 11.3 Å². The number of hydrogen-bond donors (Lipinski definition) is 0. The van der Waals surface area contributed by atoms with Crippen LogP contribution in [0.25, 0.3) is 58.8 Å². The molecule has 0 saturated carbocycles. The molecule has 1 unspecified atom stereocenters. The molecule has 1 atom stereocenters. The summed E-state index contributed by atoms with van der Waals surface area (Å²) in [6, 6.07) is 60.1. The second-order valence-electron chi connectivity index (χ2n) is 13.3. The lowest BCUT2D eigenvalue weighted by Gasteiger charge is -2.28. The van der Waals surface area contributed by atoms with Crippen LogP contribution in [0.4, 0.5) is 17.1 Å². The Morgan fingerprint density at radius 3 is 1.82 bits per heavy atom. The van der Waals surface area contributed by atoms with Crippen LogP contribution in [0.3, 0.4) is 0 Å². The number of rotatable bonds is 6. The number of para-hydroxylation sites is 2. The van der Waals surface area contributed by atoms with Crippen molar-refractivity contribution < 1.29 is 0 Å². The highest BCUT2D eigenvalue weighted by Gasteiger charge is 2.22. The van der Waals surface area contributed by atoms with Crippen molar-refractivity contribution in [2.75, 3.05) is 4.90 Å². The van der Waals surface area contributed by atoms with Gasteiger partial charge in [-0.25, -0.2) is 0 Å². The fourth-order valence-electron chi connectivity index (χ4n) is 7.85. The SMILES string of the molecule is C1=CCC(c2ccc(N(c3ccc(-c4ccccc4)cc3)c3cc(-n4c5ccccc5c5ccccc54)cc4c3sc3ccccc34)cc2)C=C1. The number of hydrogen-bond acceptors (Lipinski definition) is 2. The molecule has 2 nitrogen and oxygen atoms in total. The first-order chi connectivity index (χ1) is 25.3. The van der Waals surface area contributed by atoms with Crippen LogP contribution in [0.2, 0.25) is 0 Å². The van der Waals surface area contributed by atoms with Crippen LogP contribution in [0.15, 0.2) is 188 Å². The number of allylic oxidation sites excluding steroid dienone is 4. The van der Waals surface area contributed by atoms with Gasteiger partial charge in [0, 0.05) is 49.2 Å². The minimum atomic E-state index is 0.399. The maximum atomic E-state index is 2.46. The molecule has 0 saturated heterocycles. The second kappa shape index (κ2) is 12.3. The van der Waals surface area contributed by atoms with Gasteiger partial charge in [0.25, 0.3) is 0 Å².